The van der Waals surface area contributed by atoms with E-state index in [1.54, 1.807) is 29.4 Å². The lowest BCUT2D eigenvalue weighted by atomic mass is 10.1. The van der Waals surface area contributed by atoms with E-state index in [0.717, 1.165) is 16.8 Å². The molecule has 0 unspecified atom stereocenters. The molecular formula is C30H24N2O5S. The molecule has 8 heteroatoms. The van der Waals surface area contributed by atoms with Crippen LogP contribution in [0.4, 0.5) is 5.69 Å². The zero-order chi connectivity index (χ0) is 26.3. The number of ether oxygens (including phenoxy) is 2. The third-order valence-electron chi connectivity index (χ3n) is 5.70. The van der Waals surface area contributed by atoms with Crippen molar-refractivity contribution in [2.45, 2.75) is 13.2 Å². The van der Waals surface area contributed by atoms with Gasteiger partial charge < -0.3 is 13.9 Å². The second-order valence-corrected chi connectivity index (χ2v) is 9.37. The molecule has 7 nitrogen and oxygen atoms in total. The van der Waals surface area contributed by atoms with Crippen molar-refractivity contribution in [1.82, 2.24) is 4.90 Å². The minimum atomic E-state index is -0.378. The molecule has 4 aromatic rings. The average Bonchev–Trinajstić information content (AvgIpc) is 3.57. The van der Waals surface area contributed by atoms with Crippen LogP contribution in [0.25, 0.3) is 6.08 Å². The Balaban J connectivity index is 1.33. The third kappa shape index (κ3) is 6.04. The number of benzene rings is 3. The minimum Gasteiger partial charge on any atom is -0.489 e. The zero-order valence-corrected chi connectivity index (χ0v) is 21.4. The summed E-state index contributed by atoms with van der Waals surface area (Å²) in [6.07, 6.45) is 3.43. The van der Waals surface area contributed by atoms with E-state index in [0.29, 0.717) is 40.3 Å². The van der Waals surface area contributed by atoms with Crippen LogP contribution >= 0.6 is 11.8 Å². The molecule has 1 amide bonds. The molecule has 0 bridgehead atoms. The molecule has 0 aliphatic carbocycles. The Morgan fingerprint density at radius 1 is 1.00 bits per heavy atom. The quantitative estimate of drug-likeness (QED) is 0.195. The number of amidine groups is 1. The molecule has 0 spiro atoms. The van der Waals surface area contributed by atoms with E-state index >= 15 is 0 Å². The maximum atomic E-state index is 13.4. The first kappa shape index (κ1) is 25.1. The molecule has 1 fully saturated rings. The number of hydrogen-bond acceptors (Lipinski definition) is 7. The van der Waals surface area contributed by atoms with Crippen LogP contribution in [0.1, 0.15) is 27.2 Å². The number of carbonyl (C=O) groups excluding carboxylic acids is 2. The molecule has 0 atom stereocenters. The Labute approximate surface area is 224 Å². The fraction of sp³-hybridized carbons (Fsp3) is 0.100. The zero-order valence-electron chi connectivity index (χ0n) is 20.6. The van der Waals surface area contributed by atoms with Gasteiger partial charge in [0.15, 0.2) is 5.17 Å². The van der Waals surface area contributed by atoms with E-state index in [-0.39, 0.29) is 11.9 Å². The van der Waals surface area contributed by atoms with Crippen molar-refractivity contribution in [2.24, 2.45) is 4.99 Å². The van der Waals surface area contributed by atoms with Crippen molar-refractivity contribution < 1.29 is 23.5 Å². The fourth-order valence-corrected chi connectivity index (χ4v) is 4.77. The van der Waals surface area contributed by atoms with Crippen molar-refractivity contribution in [2.75, 3.05) is 7.11 Å². The Hall–Kier alpha value is -4.56. The predicted octanol–water partition coefficient (Wildman–Crippen LogP) is 6.45. The first-order valence-electron chi connectivity index (χ1n) is 11.9. The van der Waals surface area contributed by atoms with Gasteiger partial charge in [-0.05, 0) is 77.5 Å². The maximum Gasteiger partial charge on any atom is 0.337 e. The number of nitrogens with zero attached hydrogens (tertiary/aromatic N) is 2. The smallest absolute Gasteiger partial charge is 0.337 e. The van der Waals surface area contributed by atoms with Crippen molar-refractivity contribution in [3.63, 3.8) is 0 Å². The SMILES string of the molecule is COC(=O)c1ccc(COc2cccc(C=C3SC(=Nc4ccccc4)N(Cc4ccco4)C3=O)c2)cc1. The number of rotatable bonds is 8. The molecule has 1 saturated heterocycles. The summed E-state index contributed by atoms with van der Waals surface area (Å²) in [5.41, 5.74) is 3.00. The highest BCUT2D eigenvalue weighted by molar-refractivity contribution is 8.18. The summed E-state index contributed by atoms with van der Waals surface area (Å²) in [4.78, 5) is 31.9. The molecular weight excluding hydrogens is 500 g/mol. The molecule has 5 rings (SSSR count). The summed E-state index contributed by atoms with van der Waals surface area (Å²) in [5.74, 6) is 0.823. The van der Waals surface area contributed by atoms with Crippen LogP contribution in [-0.4, -0.2) is 29.1 Å². The highest BCUT2D eigenvalue weighted by atomic mass is 32.2. The van der Waals surface area contributed by atoms with Crippen LogP contribution < -0.4 is 4.74 Å². The number of furan rings is 1. The predicted molar refractivity (Wildman–Crippen MR) is 147 cm³/mol. The summed E-state index contributed by atoms with van der Waals surface area (Å²) in [6, 6.07) is 27.8. The van der Waals surface area contributed by atoms with Crippen LogP contribution in [0, 0.1) is 0 Å². The number of carbonyl (C=O) groups is 2. The number of thioether (sulfide) groups is 1. The van der Waals surface area contributed by atoms with Gasteiger partial charge in [0.25, 0.3) is 5.91 Å². The summed E-state index contributed by atoms with van der Waals surface area (Å²) >= 11 is 1.33. The molecule has 0 saturated carbocycles. The molecule has 1 aliphatic heterocycles. The van der Waals surface area contributed by atoms with Gasteiger partial charge in [0.1, 0.15) is 18.1 Å². The number of methoxy groups -OCH3 is 1. The Morgan fingerprint density at radius 2 is 1.82 bits per heavy atom. The van der Waals surface area contributed by atoms with E-state index < -0.39 is 0 Å². The Morgan fingerprint density at radius 3 is 2.55 bits per heavy atom. The van der Waals surface area contributed by atoms with Gasteiger partial charge in [0.05, 0.1) is 36.1 Å². The molecule has 0 radical (unpaired) electrons. The van der Waals surface area contributed by atoms with Crippen molar-refractivity contribution in [1.29, 1.82) is 0 Å². The second-order valence-electron chi connectivity index (χ2n) is 8.36. The lowest BCUT2D eigenvalue weighted by Gasteiger charge is -2.13. The van der Waals surface area contributed by atoms with Crippen molar-refractivity contribution in [3.8, 4) is 5.75 Å². The van der Waals surface area contributed by atoms with Gasteiger partial charge in [-0.3, -0.25) is 9.69 Å². The van der Waals surface area contributed by atoms with E-state index in [1.807, 2.05) is 78.9 Å². The average molecular weight is 525 g/mol. The minimum absolute atomic E-state index is 0.141. The summed E-state index contributed by atoms with van der Waals surface area (Å²) in [7, 11) is 1.35. The monoisotopic (exact) mass is 524 g/mol. The standard InChI is InChI=1S/C30H24N2O5S/c1-35-29(34)23-14-12-21(13-15-23)20-37-25-10-5-7-22(17-25)18-27-28(33)32(19-26-11-6-16-36-26)30(38-27)31-24-8-3-2-4-9-24/h2-18H,19-20H2,1H3. The van der Waals surface area contributed by atoms with Gasteiger partial charge in [-0.15, -0.1) is 0 Å². The summed E-state index contributed by atoms with van der Waals surface area (Å²) in [6.45, 7) is 0.625. The highest BCUT2D eigenvalue weighted by Gasteiger charge is 2.34. The fourth-order valence-electron chi connectivity index (χ4n) is 3.77. The van der Waals surface area contributed by atoms with Crippen LogP contribution in [0.5, 0.6) is 5.75 Å². The molecule has 1 aliphatic rings. The normalized spacial score (nSPS) is 15.3. The lowest BCUT2D eigenvalue weighted by molar-refractivity contribution is -0.122. The van der Waals surface area contributed by atoms with E-state index in [1.165, 1.54) is 18.9 Å². The number of aliphatic imine (C=N–C) groups is 1. The molecule has 0 N–H and O–H groups in total. The van der Waals surface area contributed by atoms with Gasteiger partial charge in [0, 0.05) is 0 Å². The van der Waals surface area contributed by atoms with Crippen LogP contribution in [0.3, 0.4) is 0 Å². The maximum absolute atomic E-state index is 13.4. The molecule has 1 aromatic heterocycles. The largest absolute Gasteiger partial charge is 0.489 e. The highest BCUT2D eigenvalue weighted by Crippen LogP contribution is 2.35. The molecule has 38 heavy (non-hydrogen) atoms. The van der Waals surface area contributed by atoms with Crippen LogP contribution in [0.2, 0.25) is 0 Å². The first-order chi connectivity index (χ1) is 18.6. The number of amides is 1. The van der Waals surface area contributed by atoms with E-state index in [4.69, 9.17) is 18.9 Å². The number of hydrogen-bond donors (Lipinski definition) is 0. The topological polar surface area (TPSA) is 81.3 Å². The summed E-state index contributed by atoms with van der Waals surface area (Å²) < 4.78 is 16.2. The van der Waals surface area contributed by atoms with Crippen molar-refractivity contribution >= 4 is 40.6 Å². The molecule has 3 aromatic carbocycles. The number of para-hydroxylation sites is 1. The van der Waals surface area contributed by atoms with Crippen LogP contribution in [-0.2, 0) is 22.7 Å². The van der Waals surface area contributed by atoms with Gasteiger partial charge >= 0.3 is 5.97 Å². The van der Waals surface area contributed by atoms with Gasteiger partial charge in [-0.1, -0.05) is 42.5 Å². The van der Waals surface area contributed by atoms with Gasteiger partial charge in [-0.25, -0.2) is 9.79 Å². The van der Waals surface area contributed by atoms with Crippen LogP contribution in [0.15, 0.2) is 112 Å². The van der Waals surface area contributed by atoms with E-state index in [2.05, 4.69) is 0 Å². The number of esters is 1. The Bertz CT molecular complexity index is 1480. The second kappa shape index (κ2) is 11.7. The van der Waals surface area contributed by atoms with Gasteiger partial charge in [-0.2, -0.15) is 0 Å². The molecule has 190 valence electrons. The first-order valence-corrected chi connectivity index (χ1v) is 12.7. The lowest BCUT2D eigenvalue weighted by Crippen LogP contribution is -2.28. The van der Waals surface area contributed by atoms with Gasteiger partial charge in [0.2, 0.25) is 0 Å². The summed E-state index contributed by atoms with van der Waals surface area (Å²) in [5, 5.41) is 0.589. The van der Waals surface area contributed by atoms with Crippen molar-refractivity contribution in [3.05, 3.63) is 125 Å². The van der Waals surface area contributed by atoms with E-state index in [9.17, 15) is 9.59 Å². The third-order valence-corrected chi connectivity index (χ3v) is 6.71. The molecule has 2 heterocycles. The Kier molecular flexibility index (Phi) is 7.70.